The average Bonchev–Trinajstić information content (AvgIpc) is 2.27. The molecular weight excluding hydrogens is 214 g/mol. The van der Waals surface area contributed by atoms with E-state index in [1.165, 1.54) is 19.2 Å². The van der Waals surface area contributed by atoms with Crippen LogP contribution in [0.1, 0.15) is 26.3 Å². The molecule has 0 saturated heterocycles. The smallest absolute Gasteiger partial charge is 0.338 e. The van der Waals surface area contributed by atoms with Gasteiger partial charge in [0.1, 0.15) is 6.07 Å². The summed E-state index contributed by atoms with van der Waals surface area (Å²) in [6, 6.07) is 4.52. The number of benzene rings is 1. The maximum absolute atomic E-state index is 11.3. The van der Waals surface area contributed by atoms with Gasteiger partial charge < -0.3 is 4.74 Å². The van der Waals surface area contributed by atoms with Crippen molar-refractivity contribution in [1.29, 1.82) is 5.26 Å². The average molecular weight is 221 g/mol. The molecule has 0 fully saturated rings. The largest absolute Gasteiger partial charge is 0.465 e. The van der Waals surface area contributed by atoms with Gasteiger partial charge in [-0.1, -0.05) is 0 Å². The molecular formula is C10H7NO3S. The monoisotopic (exact) mass is 221 g/mol. The van der Waals surface area contributed by atoms with Crippen LogP contribution in [-0.4, -0.2) is 19.4 Å². The predicted octanol–water partition coefficient (Wildman–Crippen LogP) is 1.45. The van der Waals surface area contributed by atoms with Crippen molar-refractivity contribution in [2.24, 2.45) is 0 Å². The molecule has 0 spiro atoms. The third kappa shape index (κ3) is 2.17. The van der Waals surface area contributed by atoms with E-state index in [-0.39, 0.29) is 16.7 Å². The van der Waals surface area contributed by atoms with E-state index in [4.69, 9.17) is 5.26 Å². The Morgan fingerprint density at radius 3 is 2.73 bits per heavy atom. The van der Waals surface area contributed by atoms with Crippen LogP contribution in [0.15, 0.2) is 17.0 Å². The molecule has 0 aliphatic rings. The second-order valence-corrected chi connectivity index (χ2v) is 3.16. The number of nitrogens with zero attached hydrogens (tertiary/aromatic N) is 1. The van der Waals surface area contributed by atoms with Crippen LogP contribution in [0.3, 0.4) is 0 Å². The molecule has 0 radical (unpaired) electrons. The number of esters is 1. The minimum Gasteiger partial charge on any atom is -0.465 e. The lowest BCUT2D eigenvalue weighted by Gasteiger charge is -2.04. The highest BCUT2D eigenvalue weighted by Crippen LogP contribution is 2.19. The molecule has 15 heavy (non-hydrogen) atoms. The van der Waals surface area contributed by atoms with Crippen molar-refractivity contribution in [2.45, 2.75) is 4.90 Å². The minimum atomic E-state index is -0.651. The molecule has 0 atom stereocenters. The van der Waals surface area contributed by atoms with Crippen LogP contribution in [0.4, 0.5) is 0 Å². The molecule has 0 aromatic heterocycles. The van der Waals surface area contributed by atoms with Gasteiger partial charge in [-0.2, -0.15) is 5.26 Å². The number of nitriles is 1. The molecule has 1 rings (SSSR count). The van der Waals surface area contributed by atoms with Crippen molar-refractivity contribution >= 4 is 24.9 Å². The Bertz CT molecular complexity index is 462. The number of hydrogen-bond acceptors (Lipinski definition) is 5. The molecule has 0 amide bonds. The third-order valence-corrected chi connectivity index (χ3v) is 2.19. The summed E-state index contributed by atoms with van der Waals surface area (Å²) in [4.78, 5) is 22.3. The Morgan fingerprint density at radius 2 is 2.27 bits per heavy atom. The lowest BCUT2D eigenvalue weighted by molar-refractivity contribution is 0.0598. The normalized spacial score (nSPS) is 9.13. The number of hydrogen-bond donors (Lipinski definition) is 1. The third-order valence-electron chi connectivity index (χ3n) is 1.82. The summed E-state index contributed by atoms with van der Waals surface area (Å²) in [5, 5.41) is 8.72. The highest BCUT2D eigenvalue weighted by Gasteiger charge is 2.14. The highest BCUT2D eigenvalue weighted by atomic mass is 32.1. The van der Waals surface area contributed by atoms with Crippen molar-refractivity contribution in [2.75, 3.05) is 7.11 Å². The molecule has 5 heteroatoms. The number of aldehydes is 1. The van der Waals surface area contributed by atoms with Gasteiger partial charge in [-0.15, -0.1) is 12.6 Å². The summed E-state index contributed by atoms with van der Waals surface area (Å²) in [7, 11) is 1.21. The molecule has 0 unspecified atom stereocenters. The van der Waals surface area contributed by atoms with Gasteiger partial charge in [-0.25, -0.2) is 4.79 Å². The summed E-state index contributed by atoms with van der Waals surface area (Å²) in [6.07, 6.45) is 0.521. The predicted molar refractivity (Wildman–Crippen MR) is 55.1 cm³/mol. The van der Waals surface area contributed by atoms with Crippen molar-refractivity contribution in [3.05, 3.63) is 28.8 Å². The van der Waals surface area contributed by atoms with E-state index in [1.807, 2.05) is 6.07 Å². The number of thiol groups is 1. The summed E-state index contributed by atoms with van der Waals surface area (Å²) in [6.45, 7) is 0. The zero-order chi connectivity index (χ0) is 11.4. The van der Waals surface area contributed by atoms with Gasteiger partial charge in [0.2, 0.25) is 0 Å². The second-order valence-electron chi connectivity index (χ2n) is 2.68. The fraction of sp³-hybridized carbons (Fsp3) is 0.100. The standard InChI is InChI=1S/C10H7NO3S/c1-14-10(13)8-2-6(4-11)9(15)3-7(8)5-12/h2-3,5,15H,1H3. The molecule has 4 nitrogen and oxygen atoms in total. The van der Waals surface area contributed by atoms with Gasteiger partial charge >= 0.3 is 5.97 Å². The van der Waals surface area contributed by atoms with E-state index in [1.54, 1.807) is 0 Å². The van der Waals surface area contributed by atoms with E-state index < -0.39 is 5.97 Å². The van der Waals surface area contributed by atoms with Crippen LogP contribution in [-0.2, 0) is 4.74 Å². The fourth-order valence-corrected chi connectivity index (χ4v) is 1.33. The summed E-state index contributed by atoms with van der Waals surface area (Å²) >= 11 is 4.01. The zero-order valence-electron chi connectivity index (χ0n) is 7.85. The molecule has 0 heterocycles. The second kappa shape index (κ2) is 4.62. The first-order valence-corrected chi connectivity index (χ1v) is 4.39. The van der Waals surface area contributed by atoms with Crippen LogP contribution in [0.25, 0.3) is 0 Å². The Morgan fingerprint density at radius 1 is 1.60 bits per heavy atom. The molecule has 0 bridgehead atoms. The van der Waals surface area contributed by atoms with Crippen LogP contribution < -0.4 is 0 Å². The van der Waals surface area contributed by atoms with E-state index in [2.05, 4.69) is 17.4 Å². The number of methoxy groups -OCH3 is 1. The molecule has 0 saturated carbocycles. The van der Waals surface area contributed by atoms with Crippen LogP contribution in [0.2, 0.25) is 0 Å². The Kier molecular flexibility index (Phi) is 3.47. The first-order chi connectivity index (χ1) is 7.13. The van der Waals surface area contributed by atoms with Crippen molar-refractivity contribution in [3.63, 3.8) is 0 Å². The lowest BCUT2D eigenvalue weighted by Crippen LogP contribution is -2.06. The molecule has 76 valence electrons. The molecule has 1 aromatic carbocycles. The van der Waals surface area contributed by atoms with Gasteiger partial charge in [0.15, 0.2) is 6.29 Å². The molecule has 0 aliphatic carbocycles. The maximum atomic E-state index is 11.3. The number of rotatable bonds is 2. The van der Waals surface area contributed by atoms with Crippen molar-refractivity contribution in [1.82, 2.24) is 0 Å². The lowest BCUT2D eigenvalue weighted by atomic mass is 10.1. The first-order valence-electron chi connectivity index (χ1n) is 3.94. The van der Waals surface area contributed by atoms with Gasteiger partial charge in [-0.05, 0) is 12.1 Å². The number of ether oxygens (including phenoxy) is 1. The van der Waals surface area contributed by atoms with Crippen LogP contribution in [0, 0.1) is 11.3 Å². The minimum absolute atomic E-state index is 0.0712. The van der Waals surface area contributed by atoms with Gasteiger partial charge in [0.05, 0.1) is 18.2 Å². The van der Waals surface area contributed by atoms with Crippen molar-refractivity contribution in [3.8, 4) is 6.07 Å². The Hall–Kier alpha value is -1.80. The van der Waals surface area contributed by atoms with E-state index in [0.29, 0.717) is 11.2 Å². The highest BCUT2D eigenvalue weighted by molar-refractivity contribution is 7.80. The molecule has 1 aromatic rings. The number of carbonyl (C=O) groups excluding carboxylic acids is 2. The maximum Gasteiger partial charge on any atom is 0.338 e. The fourth-order valence-electron chi connectivity index (χ4n) is 1.08. The first kappa shape index (κ1) is 11.3. The Balaban J connectivity index is 3.43. The van der Waals surface area contributed by atoms with E-state index >= 15 is 0 Å². The topological polar surface area (TPSA) is 67.2 Å². The summed E-state index contributed by atoms with van der Waals surface area (Å²) < 4.78 is 4.49. The summed E-state index contributed by atoms with van der Waals surface area (Å²) in [5.41, 5.74) is 0.456. The van der Waals surface area contributed by atoms with Gasteiger partial charge in [-0.3, -0.25) is 4.79 Å². The quantitative estimate of drug-likeness (QED) is 0.466. The SMILES string of the molecule is COC(=O)c1cc(C#N)c(S)cc1C=O. The Labute approximate surface area is 91.9 Å². The van der Waals surface area contributed by atoms with Gasteiger partial charge in [0, 0.05) is 10.5 Å². The molecule has 0 aliphatic heterocycles. The number of carbonyl (C=O) groups is 2. The van der Waals surface area contributed by atoms with Crippen molar-refractivity contribution < 1.29 is 14.3 Å². The van der Waals surface area contributed by atoms with Gasteiger partial charge in [0.25, 0.3) is 0 Å². The summed E-state index contributed by atoms with van der Waals surface area (Å²) in [5.74, 6) is -0.651. The van der Waals surface area contributed by atoms with Crippen LogP contribution >= 0.6 is 12.6 Å². The molecule has 0 N–H and O–H groups in total. The van der Waals surface area contributed by atoms with Crippen LogP contribution in [0.5, 0.6) is 0 Å². The zero-order valence-corrected chi connectivity index (χ0v) is 8.75. The van der Waals surface area contributed by atoms with E-state index in [0.717, 1.165) is 0 Å². The van der Waals surface area contributed by atoms with E-state index in [9.17, 15) is 9.59 Å².